The lowest BCUT2D eigenvalue weighted by atomic mass is 10.1. The lowest BCUT2D eigenvalue weighted by Crippen LogP contribution is -2.27. The van der Waals surface area contributed by atoms with Crippen LogP contribution in [0.15, 0.2) is 41.4 Å². The number of aliphatic hydroxyl groups excluding tert-OH is 1. The quantitative estimate of drug-likeness (QED) is 0.831. The van der Waals surface area contributed by atoms with Crippen LogP contribution in [0.1, 0.15) is 11.6 Å². The molecule has 0 saturated heterocycles. The van der Waals surface area contributed by atoms with Crippen LogP contribution >= 0.6 is 15.9 Å². The molecule has 0 bridgehead atoms. The third-order valence-corrected chi connectivity index (χ3v) is 2.85. The van der Waals surface area contributed by atoms with E-state index in [9.17, 15) is 5.11 Å². The van der Waals surface area contributed by atoms with Crippen molar-refractivity contribution in [2.24, 2.45) is 0 Å². The maximum absolute atomic E-state index is 9.38. The van der Waals surface area contributed by atoms with Gasteiger partial charge in [0.15, 0.2) is 0 Å². The molecule has 1 aromatic carbocycles. The summed E-state index contributed by atoms with van der Waals surface area (Å²) in [7, 11) is 1.98. The van der Waals surface area contributed by atoms with Crippen LogP contribution < -0.4 is 0 Å². The highest BCUT2D eigenvalue weighted by atomic mass is 79.9. The summed E-state index contributed by atoms with van der Waals surface area (Å²) in [4.78, 5) is 2.06. The first-order valence-electron chi connectivity index (χ1n) is 4.86. The van der Waals surface area contributed by atoms with Crippen LogP contribution in [-0.4, -0.2) is 30.2 Å². The minimum Gasteiger partial charge on any atom is -0.394 e. The van der Waals surface area contributed by atoms with Gasteiger partial charge >= 0.3 is 0 Å². The van der Waals surface area contributed by atoms with Crippen LogP contribution in [0.5, 0.6) is 0 Å². The smallest absolute Gasteiger partial charge is 0.0628 e. The predicted octanol–water partition coefficient (Wildman–Crippen LogP) is 2.60. The van der Waals surface area contributed by atoms with Crippen LogP contribution in [0.3, 0.4) is 0 Å². The molecule has 15 heavy (non-hydrogen) atoms. The summed E-state index contributed by atoms with van der Waals surface area (Å²) in [5.41, 5.74) is 1.11. The highest BCUT2D eigenvalue weighted by Crippen LogP contribution is 2.21. The molecule has 1 aromatic rings. The van der Waals surface area contributed by atoms with Crippen molar-refractivity contribution in [1.82, 2.24) is 4.90 Å². The number of nitrogens with zero attached hydrogens (tertiary/aromatic N) is 1. The average molecular weight is 270 g/mol. The lowest BCUT2D eigenvalue weighted by molar-refractivity contribution is 0.159. The molecule has 1 N–H and O–H groups in total. The molecule has 0 aromatic heterocycles. The number of hydrogen-bond donors (Lipinski definition) is 1. The van der Waals surface area contributed by atoms with E-state index >= 15 is 0 Å². The first-order chi connectivity index (χ1) is 7.19. The fourth-order valence-corrected chi connectivity index (χ4v) is 1.96. The second-order valence-corrected chi connectivity index (χ2v) is 4.40. The van der Waals surface area contributed by atoms with Crippen LogP contribution in [0, 0.1) is 0 Å². The molecule has 0 amide bonds. The Morgan fingerprint density at radius 3 is 2.87 bits per heavy atom. The van der Waals surface area contributed by atoms with E-state index in [2.05, 4.69) is 27.4 Å². The molecule has 0 aliphatic rings. The van der Waals surface area contributed by atoms with Gasteiger partial charge in [0.25, 0.3) is 0 Å². The molecule has 1 atom stereocenters. The standard InChI is InChI=1S/C12H16BrNO/c1-3-7-14(2)12(9-15)10-5-4-6-11(13)8-10/h3-6,8,12,15H,1,7,9H2,2H3. The fraction of sp³-hybridized carbons (Fsp3) is 0.333. The second kappa shape index (κ2) is 6.05. The molecule has 82 valence electrons. The summed E-state index contributed by atoms with van der Waals surface area (Å²) in [6.45, 7) is 4.57. The Hall–Kier alpha value is -0.640. The number of likely N-dealkylation sites (N-methyl/N-ethyl adjacent to an activating group) is 1. The molecule has 1 unspecified atom stereocenters. The van der Waals surface area contributed by atoms with Gasteiger partial charge in [0.05, 0.1) is 12.6 Å². The highest BCUT2D eigenvalue weighted by Gasteiger charge is 2.14. The average Bonchev–Trinajstić information content (AvgIpc) is 2.19. The summed E-state index contributed by atoms with van der Waals surface area (Å²) in [6.07, 6.45) is 1.83. The summed E-state index contributed by atoms with van der Waals surface area (Å²) >= 11 is 3.43. The topological polar surface area (TPSA) is 23.5 Å². The molecule has 2 nitrogen and oxygen atoms in total. The van der Waals surface area contributed by atoms with Crippen LogP contribution in [0.4, 0.5) is 0 Å². The van der Waals surface area contributed by atoms with Crippen LogP contribution in [0.2, 0.25) is 0 Å². The van der Waals surface area contributed by atoms with Gasteiger partial charge in [-0.3, -0.25) is 4.90 Å². The second-order valence-electron chi connectivity index (χ2n) is 3.48. The third-order valence-electron chi connectivity index (χ3n) is 2.36. The van der Waals surface area contributed by atoms with Crippen molar-refractivity contribution >= 4 is 15.9 Å². The van der Waals surface area contributed by atoms with Gasteiger partial charge in [-0.2, -0.15) is 0 Å². The van der Waals surface area contributed by atoms with Gasteiger partial charge in [0, 0.05) is 11.0 Å². The van der Waals surface area contributed by atoms with Gasteiger partial charge in [-0.25, -0.2) is 0 Å². The maximum atomic E-state index is 9.38. The molecule has 0 spiro atoms. The van der Waals surface area contributed by atoms with Crippen molar-refractivity contribution in [3.63, 3.8) is 0 Å². The summed E-state index contributed by atoms with van der Waals surface area (Å²) in [5, 5.41) is 9.38. The maximum Gasteiger partial charge on any atom is 0.0628 e. The summed E-state index contributed by atoms with van der Waals surface area (Å²) in [6, 6.07) is 8.03. The molecule has 3 heteroatoms. The zero-order valence-corrected chi connectivity index (χ0v) is 10.4. The van der Waals surface area contributed by atoms with Crippen molar-refractivity contribution < 1.29 is 5.11 Å². The van der Waals surface area contributed by atoms with Gasteiger partial charge in [-0.05, 0) is 24.7 Å². The number of halogens is 1. The predicted molar refractivity (Wildman–Crippen MR) is 66.8 cm³/mol. The lowest BCUT2D eigenvalue weighted by Gasteiger charge is -2.25. The van der Waals surface area contributed by atoms with Crippen molar-refractivity contribution in [2.45, 2.75) is 6.04 Å². The number of hydrogen-bond acceptors (Lipinski definition) is 2. The first-order valence-corrected chi connectivity index (χ1v) is 5.65. The Kier molecular flexibility index (Phi) is 5.02. The number of rotatable bonds is 5. The van der Waals surface area contributed by atoms with E-state index in [-0.39, 0.29) is 12.6 Å². The molecule has 0 saturated carbocycles. The minimum absolute atomic E-state index is 0.0282. The van der Waals surface area contributed by atoms with E-state index in [4.69, 9.17) is 0 Å². The zero-order chi connectivity index (χ0) is 11.3. The van der Waals surface area contributed by atoms with E-state index < -0.39 is 0 Å². The molecule has 0 heterocycles. The molecule has 1 rings (SSSR count). The van der Waals surface area contributed by atoms with E-state index in [0.29, 0.717) is 0 Å². The molecular formula is C12H16BrNO. The first kappa shape index (κ1) is 12.4. The van der Waals surface area contributed by atoms with Gasteiger partial charge < -0.3 is 5.11 Å². The van der Waals surface area contributed by atoms with Crippen LogP contribution in [0.25, 0.3) is 0 Å². The van der Waals surface area contributed by atoms with E-state index in [1.54, 1.807) is 0 Å². The molecule has 0 fully saturated rings. The van der Waals surface area contributed by atoms with E-state index in [1.807, 2.05) is 37.4 Å². The van der Waals surface area contributed by atoms with Gasteiger partial charge in [-0.15, -0.1) is 6.58 Å². The molecule has 0 aliphatic heterocycles. The Morgan fingerprint density at radius 1 is 1.60 bits per heavy atom. The Bertz CT molecular complexity index is 327. The Balaban J connectivity index is 2.86. The summed E-state index contributed by atoms with van der Waals surface area (Å²) in [5.74, 6) is 0. The van der Waals surface area contributed by atoms with Crippen molar-refractivity contribution in [3.05, 3.63) is 47.0 Å². The Labute approximate surface area is 99.4 Å². The SMILES string of the molecule is C=CCN(C)C(CO)c1cccc(Br)c1. The minimum atomic E-state index is 0.0282. The highest BCUT2D eigenvalue weighted by molar-refractivity contribution is 9.10. The van der Waals surface area contributed by atoms with Crippen molar-refractivity contribution in [3.8, 4) is 0 Å². The van der Waals surface area contributed by atoms with Crippen molar-refractivity contribution in [2.75, 3.05) is 20.2 Å². The van der Waals surface area contributed by atoms with Crippen molar-refractivity contribution in [1.29, 1.82) is 0 Å². The van der Waals surface area contributed by atoms with Crippen LogP contribution in [-0.2, 0) is 0 Å². The van der Waals surface area contributed by atoms with Gasteiger partial charge in [0.1, 0.15) is 0 Å². The number of benzene rings is 1. The molecule has 0 radical (unpaired) electrons. The van der Waals surface area contributed by atoms with E-state index in [1.165, 1.54) is 0 Å². The van der Waals surface area contributed by atoms with E-state index in [0.717, 1.165) is 16.6 Å². The monoisotopic (exact) mass is 269 g/mol. The molecular weight excluding hydrogens is 254 g/mol. The normalized spacial score (nSPS) is 12.8. The largest absolute Gasteiger partial charge is 0.394 e. The van der Waals surface area contributed by atoms with Gasteiger partial charge in [0.2, 0.25) is 0 Å². The third kappa shape index (κ3) is 3.45. The fourth-order valence-electron chi connectivity index (χ4n) is 1.54. The molecule has 0 aliphatic carbocycles. The Morgan fingerprint density at radius 2 is 2.33 bits per heavy atom. The zero-order valence-electron chi connectivity index (χ0n) is 8.86. The summed E-state index contributed by atoms with van der Waals surface area (Å²) < 4.78 is 1.03. The number of aliphatic hydroxyl groups is 1. The van der Waals surface area contributed by atoms with Gasteiger partial charge in [-0.1, -0.05) is 34.1 Å².